The predicted octanol–water partition coefficient (Wildman–Crippen LogP) is 2.14. The molecule has 1 aromatic heterocycles. The van der Waals surface area contributed by atoms with Gasteiger partial charge in [-0.3, -0.25) is 4.79 Å². The number of benzene rings is 1. The number of fused-ring (bicyclic) bond motifs is 1. The summed E-state index contributed by atoms with van der Waals surface area (Å²) in [5.74, 6) is -0.253. The van der Waals surface area contributed by atoms with Crippen LogP contribution >= 0.6 is 0 Å². The van der Waals surface area contributed by atoms with Crippen molar-refractivity contribution in [2.24, 2.45) is 5.92 Å². The van der Waals surface area contributed by atoms with Crippen molar-refractivity contribution in [1.82, 2.24) is 10.6 Å². The number of carbonyl (C=O) groups is 2. The molecule has 11 nitrogen and oxygen atoms in total. The van der Waals surface area contributed by atoms with Gasteiger partial charge in [0.25, 0.3) is 0 Å². The van der Waals surface area contributed by atoms with Gasteiger partial charge in [0, 0.05) is 43.6 Å². The standard InChI is InChI=1S/C27H40N2O9/c1-6-36-27(34)29-12-8-7-11-28-23(30)13-19-14-24(31)38-22-15-20(9-10-21(19)22)37-17(3)16(2)25(32)26(33)18(4)35-5/h9-10,14-18,25-26,32-33H,6-8,11-13H2,1-5H3,(H,28,30)(H,29,34). The van der Waals surface area contributed by atoms with E-state index in [9.17, 15) is 24.6 Å². The highest BCUT2D eigenvalue weighted by molar-refractivity contribution is 5.87. The van der Waals surface area contributed by atoms with E-state index in [2.05, 4.69) is 10.6 Å². The Morgan fingerprint density at radius 3 is 2.34 bits per heavy atom. The third-order valence-corrected chi connectivity index (χ3v) is 6.43. The Balaban J connectivity index is 1.97. The summed E-state index contributed by atoms with van der Waals surface area (Å²) >= 11 is 0. The van der Waals surface area contributed by atoms with Crippen molar-refractivity contribution < 1.29 is 38.4 Å². The maximum atomic E-state index is 12.5. The molecule has 212 valence electrons. The van der Waals surface area contributed by atoms with Gasteiger partial charge in [-0.05, 0) is 51.3 Å². The van der Waals surface area contributed by atoms with Crippen molar-refractivity contribution in [2.45, 2.75) is 71.4 Å². The van der Waals surface area contributed by atoms with E-state index in [4.69, 9.17) is 18.6 Å². The first-order valence-electron chi connectivity index (χ1n) is 12.9. The molecule has 1 aromatic carbocycles. The lowest BCUT2D eigenvalue weighted by Crippen LogP contribution is -2.44. The van der Waals surface area contributed by atoms with Crippen LogP contribution in [0.2, 0.25) is 0 Å². The highest BCUT2D eigenvalue weighted by atomic mass is 16.5. The van der Waals surface area contributed by atoms with Crippen LogP contribution in [0, 0.1) is 5.92 Å². The molecule has 0 aliphatic heterocycles. The molecule has 0 fully saturated rings. The highest BCUT2D eigenvalue weighted by Gasteiger charge is 2.31. The first-order valence-corrected chi connectivity index (χ1v) is 12.9. The number of aliphatic hydroxyl groups excluding tert-OH is 2. The fourth-order valence-corrected chi connectivity index (χ4v) is 3.84. The minimum atomic E-state index is -1.08. The molecule has 0 saturated heterocycles. The summed E-state index contributed by atoms with van der Waals surface area (Å²) in [5.41, 5.74) is 0.213. The molecule has 4 N–H and O–H groups in total. The van der Waals surface area contributed by atoms with Gasteiger partial charge in [0.1, 0.15) is 23.5 Å². The molecule has 2 aromatic rings. The summed E-state index contributed by atoms with van der Waals surface area (Å²) in [5, 5.41) is 26.8. The van der Waals surface area contributed by atoms with Gasteiger partial charge in [0.05, 0.1) is 25.2 Å². The molecule has 2 amide bonds. The highest BCUT2D eigenvalue weighted by Crippen LogP contribution is 2.26. The molecular formula is C27H40N2O9. The summed E-state index contributed by atoms with van der Waals surface area (Å²) in [6.07, 6.45) is -2.28. The Morgan fingerprint density at radius 1 is 1.00 bits per heavy atom. The molecule has 0 aliphatic rings. The zero-order chi connectivity index (χ0) is 28.2. The van der Waals surface area contributed by atoms with Crippen LogP contribution in [0.15, 0.2) is 33.5 Å². The fourth-order valence-electron chi connectivity index (χ4n) is 3.84. The van der Waals surface area contributed by atoms with E-state index in [1.807, 2.05) is 0 Å². The quantitative estimate of drug-likeness (QED) is 0.198. The van der Waals surface area contributed by atoms with Crippen molar-refractivity contribution in [2.75, 3.05) is 26.8 Å². The number of unbranched alkanes of at least 4 members (excludes halogenated alkanes) is 1. The Hall–Kier alpha value is -3.15. The van der Waals surface area contributed by atoms with Crippen LogP contribution in [0.3, 0.4) is 0 Å². The maximum absolute atomic E-state index is 12.5. The first-order chi connectivity index (χ1) is 18.1. The van der Waals surface area contributed by atoms with Gasteiger partial charge in [0.2, 0.25) is 5.91 Å². The average Bonchev–Trinajstić information content (AvgIpc) is 2.88. The molecule has 1 heterocycles. The summed E-state index contributed by atoms with van der Waals surface area (Å²) < 4.78 is 21.2. The van der Waals surface area contributed by atoms with E-state index in [1.165, 1.54) is 13.2 Å². The number of carbonyl (C=O) groups excluding carboxylic acids is 2. The zero-order valence-corrected chi connectivity index (χ0v) is 22.7. The van der Waals surface area contributed by atoms with E-state index >= 15 is 0 Å². The van der Waals surface area contributed by atoms with Crippen molar-refractivity contribution in [3.05, 3.63) is 40.2 Å². The minimum Gasteiger partial charge on any atom is -0.490 e. The Morgan fingerprint density at radius 2 is 1.68 bits per heavy atom. The van der Waals surface area contributed by atoms with Crippen LogP contribution < -0.4 is 21.0 Å². The van der Waals surface area contributed by atoms with Crippen LogP contribution in [0.1, 0.15) is 46.1 Å². The number of alkyl carbamates (subject to hydrolysis) is 1. The molecule has 0 spiro atoms. The lowest BCUT2D eigenvalue weighted by molar-refractivity contribution is -0.120. The van der Waals surface area contributed by atoms with Crippen molar-refractivity contribution in [1.29, 1.82) is 0 Å². The number of hydrogen-bond acceptors (Lipinski definition) is 9. The molecule has 2 rings (SSSR count). The third kappa shape index (κ3) is 9.30. The van der Waals surface area contributed by atoms with Crippen LogP contribution in [-0.4, -0.2) is 73.4 Å². The monoisotopic (exact) mass is 536 g/mol. The fraction of sp³-hybridized carbons (Fsp3) is 0.593. The normalized spacial score (nSPS) is 15.2. The Labute approximate surface area is 222 Å². The van der Waals surface area contributed by atoms with Gasteiger partial charge in [-0.2, -0.15) is 0 Å². The summed E-state index contributed by atoms with van der Waals surface area (Å²) in [6, 6.07) is 6.28. The average molecular weight is 537 g/mol. The zero-order valence-electron chi connectivity index (χ0n) is 22.7. The number of amides is 2. The molecule has 5 unspecified atom stereocenters. The maximum Gasteiger partial charge on any atom is 0.407 e. The van der Waals surface area contributed by atoms with Crippen LogP contribution in [-0.2, 0) is 20.7 Å². The second-order valence-electron chi connectivity index (χ2n) is 9.23. The molecule has 11 heteroatoms. The van der Waals surface area contributed by atoms with Crippen molar-refractivity contribution >= 4 is 23.0 Å². The predicted molar refractivity (Wildman–Crippen MR) is 141 cm³/mol. The molecule has 38 heavy (non-hydrogen) atoms. The van der Waals surface area contributed by atoms with E-state index in [0.29, 0.717) is 49.2 Å². The SMILES string of the molecule is CCOC(=O)NCCCCNC(=O)Cc1cc(=O)oc2cc(OC(C)C(C)C(O)C(O)C(C)OC)ccc12. The van der Waals surface area contributed by atoms with E-state index in [1.54, 1.807) is 45.9 Å². The Kier molecular flexibility index (Phi) is 12.5. The van der Waals surface area contributed by atoms with Gasteiger partial charge in [-0.15, -0.1) is 0 Å². The minimum absolute atomic E-state index is 0.00141. The van der Waals surface area contributed by atoms with Gasteiger partial charge in [0.15, 0.2) is 0 Å². The summed E-state index contributed by atoms with van der Waals surface area (Å²) in [6.45, 7) is 8.12. The van der Waals surface area contributed by atoms with E-state index in [0.717, 1.165) is 0 Å². The summed E-state index contributed by atoms with van der Waals surface area (Å²) in [4.78, 5) is 35.9. The summed E-state index contributed by atoms with van der Waals surface area (Å²) in [7, 11) is 1.46. The number of hydrogen-bond donors (Lipinski definition) is 4. The first kappa shape index (κ1) is 31.1. The van der Waals surface area contributed by atoms with E-state index < -0.39 is 42.1 Å². The molecule has 0 aliphatic carbocycles. The van der Waals surface area contributed by atoms with Crippen LogP contribution in [0.4, 0.5) is 4.79 Å². The van der Waals surface area contributed by atoms with Crippen molar-refractivity contribution in [3.8, 4) is 5.75 Å². The van der Waals surface area contributed by atoms with Gasteiger partial charge in [-0.1, -0.05) is 6.92 Å². The van der Waals surface area contributed by atoms with Crippen molar-refractivity contribution in [3.63, 3.8) is 0 Å². The lowest BCUT2D eigenvalue weighted by Gasteiger charge is -2.31. The number of nitrogens with one attached hydrogen (secondary N) is 2. The van der Waals surface area contributed by atoms with Gasteiger partial charge >= 0.3 is 11.7 Å². The lowest BCUT2D eigenvalue weighted by atomic mass is 9.92. The molecular weight excluding hydrogens is 496 g/mol. The Bertz CT molecular complexity index is 1100. The molecule has 0 bridgehead atoms. The number of methoxy groups -OCH3 is 1. The van der Waals surface area contributed by atoms with Gasteiger partial charge in [-0.25, -0.2) is 9.59 Å². The topological polar surface area (TPSA) is 157 Å². The smallest absolute Gasteiger partial charge is 0.407 e. The van der Waals surface area contributed by atoms with Crippen LogP contribution in [0.25, 0.3) is 11.0 Å². The molecule has 0 saturated carbocycles. The molecule has 5 atom stereocenters. The van der Waals surface area contributed by atoms with Gasteiger partial charge < -0.3 is 39.5 Å². The third-order valence-electron chi connectivity index (χ3n) is 6.43. The second-order valence-corrected chi connectivity index (χ2v) is 9.23. The largest absolute Gasteiger partial charge is 0.490 e. The number of ether oxygens (including phenoxy) is 3. The van der Waals surface area contributed by atoms with E-state index in [-0.39, 0.29) is 17.9 Å². The second kappa shape index (κ2) is 15.3. The van der Waals surface area contributed by atoms with Crippen LogP contribution in [0.5, 0.6) is 5.75 Å². The number of aliphatic hydroxyl groups is 2. The molecule has 0 radical (unpaired) electrons. The number of rotatable bonds is 15.